The first-order valence-electron chi connectivity index (χ1n) is 19.8. The van der Waals surface area contributed by atoms with Crippen LogP contribution in [-0.2, 0) is 24.1 Å². The smallest absolute Gasteiger partial charge is 0.407 e. The minimum Gasteiger partial charge on any atom is -0.453 e. The zero-order chi connectivity index (χ0) is 40.9. The third-order valence-electron chi connectivity index (χ3n) is 10.9. The van der Waals surface area contributed by atoms with Crippen LogP contribution in [0.1, 0.15) is 88.2 Å². The van der Waals surface area contributed by atoms with Crippen LogP contribution in [0.4, 0.5) is 4.79 Å². The molecule has 0 radical (unpaired) electrons. The summed E-state index contributed by atoms with van der Waals surface area (Å²) < 4.78 is 4.76. The van der Waals surface area contributed by atoms with Crippen LogP contribution in [0.15, 0.2) is 65.8 Å². The van der Waals surface area contributed by atoms with Gasteiger partial charge in [0.15, 0.2) is 0 Å². The summed E-state index contributed by atoms with van der Waals surface area (Å²) in [6.07, 6.45) is 5.76. The fourth-order valence-corrected chi connectivity index (χ4v) is 7.88. The monoisotopic (exact) mass is 786 g/mol. The number of ether oxygens (including phenoxy) is 1. The largest absolute Gasteiger partial charge is 0.453 e. The topological polar surface area (TPSA) is 167 Å². The standard InChI is InChI=1S/C44H50N8O6/c1-26(2)38(46-25-58-57-6)42(53)52-20-8-10-37(52)41-47-33-18-14-29(22-34(33)48-41)12-11-28-13-15-31-23-32(17-16-30(31)21-28)35-24-45-40(49-35)36-9-7-19-51(36)43(54)39(27(3)4)50-44(55)56-5/h13-18,21-27,36-39H,7-10,19-20H2,1-6H3,(H,45,49)(H,47,48)(H,50,55)/b46-25-/t36-,37-,38-,39-/m0/s1. The molecule has 4 atom stereocenters. The van der Waals surface area contributed by atoms with Gasteiger partial charge in [-0.2, -0.15) is 4.89 Å². The van der Waals surface area contributed by atoms with E-state index in [-0.39, 0.29) is 35.7 Å². The van der Waals surface area contributed by atoms with Gasteiger partial charge < -0.3 is 34.7 Å². The van der Waals surface area contributed by atoms with Gasteiger partial charge >= 0.3 is 6.09 Å². The minimum atomic E-state index is -0.689. The predicted molar refractivity (Wildman–Crippen MR) is 220 cm³/mol. The summed E-state index contributed by atoms with van der Waals surface area (Å²) in [5.74, 6) is 7.78. The zero-order valence-corrected chi connectivity index (χ0v) is 33.7. The van der Waals surface area contributed by atoms with Gasteiger partial charge in [-0.25, -0.2) is 19.8 Å². The summed E-state index contributed by atoms with van der Waals surface area (Å²) in [7, 11) is 2.68. The number of nitrogens with one attached hydrogen (secondary N) is 3. The van der Waals surface area contributed by atoms with Crippen molar-refractivity contribution in [2.75, 3.05) is 27.3 Å². The number of H-pyrrole nitrogens is 2. The molecule has 2 aliphatic rings. The van der Waals surface area contributed by atoms with Gasteiger partial charge in [0.25, 0.3) is 0 Å². The molecule has 14 nitrogen and oxygen atoms in total. The van der Waals surface area contributed by atoms with Crippen molar-refractivity contribution >= 4 is 46.1 Å². The Labute approximate surface area is 337 Å². The number of nitrogens with zero attached hydrogens (tertiary/aromatic N) is 5. The first-order valence-corrected chi connectivity index (χ1v) is 19.8. The Bertz CT molecular complexity index is 2390. The Morgan fingerprint density at radius 2 is 1.52 bits per heavy atom. The van der Waals surface area contributed by atoms with E-state index in [0.717, 1.165) is 81.5 Å². The van der Waals surface area contributed by atoms with Crippen LogP contribution < -0.4 is 5.32 Å². The third kappa shape index (κ3) is 8.55. The molecule has 0 saturated carbocycles. The van der Waals surface area contributed by atoms with Crippen LogP contribution in [0.3, 0.4) is 0 Å². The van der Waals surface area contributed by atoms with Gasteiger partial charge in [-0.05, 0) is 84.7 Å². The number of rotatable bonds is 11. The highest BCUT2D eigenvalue weighted by Crippen LogP contribution is 2.35. The van der Waals surface area contributed by atoms with Crippen LogP contribution in [0, 0.1) is 23.7 Å². The lowest BCUT2D eigenvalue weighted by Gasteiger charge is -2.29. The summed E-state index contributed by atoms with van der Waals surface area (Å²) >= 11 is 0. The maximum atomic E-state index is 13.6. The molecule has 2 saturated heterocycles. The van der Waals surface area contributed by atoms with Gasteiger partial charge in [0, 0.05) is 36.0 Å². The van der Waals surface area contributed by atoms with Crippen molar-refractivity contribution in [2.24, 2.45) is 16.8 Å². The molecule has 2 aromatic heterocycles. The van der Waals surface area contributed by atoms with Crippen molar-refractivity contribution in [2.45, 2.75) is 77.5 Å². The number of alkyl carbamates (subject to hydrolysis) is 1. The van der Waals surface area contributed by atoms with Crippen LogP contribution in [0.5, 0.6) is 0 Å². The van der Waals surface area contributed by atoms with Gasteiger partial charge in [0.1, 0.15) is 23.7 Å². The summed E-state index contributed by atoms with van der Waals surface area (Å²) in [6.45, 7) is 8.96. The average Bonchev–Trinajstić information content (AvgIpc) is 4.06. The molecule has 3 N–H and O–H groups in total. The fourth-order valence-electron chi connectivity index (χ4n) is 7.88. The van der Waals surface area contributed by atoms with E-state index in [4.69, 9.17) is 19.6 Å². The molecule has 302 valence electrons. The number of carbonyl (C=O) groups is 3. The molecule has 0 unspecified atom stereocenters. The van der Waals surface area contributed by atoms with E-state index in [9.17, 15) is 14.4 Å². The number of amides is 3. The van der Waals surface area contributed by atoms with E-state index in [1.807, 2.05) is 74.0 Å². The molecule has 14 heteroatoms. The molecule has 4 heterocycles. The number of hydrogen-bond acceptors (Lipinski definition) is 9. The predicted octanol–water partition coefficient (Wildman–Crippen LogP) is 6.84. The van der Waals surface area contributed by atoms with E-state index in [2.05, 4.69) is 61.3 Å². The normalized spacial score (nSPS) is 17.9. The quantitative estimate of drug-likeness (QED) is 0.0430. The van der Waals surface area contributed by atoms with Crippen LogP contribution in [-0.4, -0.2) is 93.4 Å². The van der Waals surface area contributed by atoms with Crippen LogP contribution in [0.2, 0.25) is 0 Å². The molecule has 3 amide bonds. The lowest BCUT2D eigenvalue weighted by Crippen LogP contribution is -2.51. The van der Waals surface area contributed by atoms with E-state index in [1.165, 1.54) is 20.6 Å². The molecule has 3 aromatic carbocycles. The number of methoxy groups -OCH3 is 1. The molecule has 5 aromatic rings. The maximum absolute atomic E-state index is 13.6. The summed E-state index contributed by atoms with van der Waals surface area (Å²) in [5.41, 5.74) is 5.15. The molecule has 2 fully saturated rings. The number of aromatic amines is 2. The Morgan fingerprint density at radius 1 is 0.845 bits per heavy atom. The Hall–Kier alpha value is -6.20. The number of imidazole rings is 2. The second kappa shape index (κ2) is 17.5. The van der Waals surface area contributed by atoms with Gasteiger partial charge in [0.2, 0.25) is 18.2 Å². The van der Waals surface area contributed by atoms with Gasteiger partial charge in [-0.15, -0.1) is 0 Å². The Kier molecular flexibility index (Phi) is 12.1. The number of fused-ring (bicyclic) bond motifs is 2. The van der Waals surface area contributed by atoms with E-state index < -0.39 is 18.2 Å². The van der Waals surface area contributed by atoms with Gasteiger partial charge in [-0.3, -0.25) is 9.59 Å². The average molecular weight is 787 g/mol. The highest BCUT2D eigenvalue weighted by molar-refractivity contribution is 5.89. The summed E-state index contributed by atoms with van der Waals surface area (Å²) in [4.78, 5) is 73.1. The van der Waals surface area contributed by atoms with Crippen molar-refractivity contribution in [3.63, 3.8) is 0 Å². The van der Waals surface area contributed by atoms with Crippen molar-refractivity contribution < 1.29 is 28.9 Å². The van der Waals surface area contributed by atoms with Crippen molar-refractivity contribution in [1.29, 1.82) is 0 Å². The first kappa shape index (κ1) is 40.0. The van der Waals surface area contributed by atoms with Crippen LogP contribution in [0.25, 0.3) is 33.1 Å². The lowest BCUT2D eigenvalue weighted by molar-refractivity contribution is -0.188. The number of likely N-dealkylation sites (tertiary alicyclic amines) is 2. The third-order valence-corrected chi connectivity index (χ3v) is 10.9. The number of aliphatic imine (C=N–C) groups is 1. The highest BCUT2D eigenvalue weighted by atomic mass is 17.2. The summed E-state index contributed by atoms with van der Waals surface area (Å²) in [5, 5.41) is 4.81. The van der Waals surface area contributed by atoms with Gasteiger partial charge in [0.05, 0.1) is 43.0 Å². The van der Waals surface area contributed by atoms with Crippen LogP contribution >= 0.6 is 0 Å². The number of hydrogen-bond donors (Lipinski definition) is 3. The van der Waals surface area contributed by atoms with Crippen molar-refractivity contribution in [1.82, 2.24) is 35.1 Å². The first-order chi connectivity index (χ1) is 28.0. The Morgan fingerprint density at radius 3 is 2.22 bits per heavy atom. The van der Waals surface area contributed by atoms with Crippen molar-refractivity contribution in [3.8, 4) is 23.1 Å². The second-order valence-corrected chi connectivity index (χ2v) is 15.5. The van der Waals surface area contributed by atoms with E-state index in [0.29, 0.717) is 13.1 Å². The number of benzene rings is 3. The molecule has 7 rings (SSSR count). The molecule has 0 spiro atoms. The lowest BCUT2D eigenvalue weighted by atomic mass is 10.0. The summed E-state index contributed by atoms with van der Waals surface area (Å²) in [6, 6.07) is 16.6. The molecular formula is C44H50N8O6. The molecule has 0 bridgehead atoms. The van der Waals surface area contributed by atoms with E-state index in [1.54, 1.807) is 0 Å². The number of aromatic nitrogens is 4. The second-order valence-electron chi connectivity index (χ2n) is 15.5. The van der Waals surface area contributed by atoms with Gasteiger partial charge in [-0.1, -0.05) is 57.7 Å². The maximum Gasteiger partial charge on any atom is 0.407 e. The fraction of sp³-hybridized carbons (Fsp3) is 0.409. The molecular weight excluding hydrogens is 737 g/mol. The Balaban J connectivity index is 1.04. The minimum absolute atomic E-state index is 0.0173. The molecule has 0 aliphatic carbocycles. The highest BCUT2D eigenvalue weighted by Gasteiger charge is 2.38. The van der Waals surface area contributed by atoms with Crippen molar-refractivity contribution in [3.05, 3.63) is 83.6 Å². The van der Waals surface area contributed by atoms with E-state index >= 15 is 0 Å². The zero-order valence-electron chi connectivity index (χ0n) is 33.7. The SMILES string of the molecule is COO/C=N\[C@H](C(=O)N1CCC[C@H]1c1nc2cc(C#Cc3ccc4cc(-c5c[nH]c([C@@H]6CCCN6C(=O)[C@@H](NC(=O)OC)C(C)C)n5)ccc4c3)ccc2[nH]1)C(C)C. The molecule has 2 aliphatic heterocycles. The number of carbonyl (C=O) groups excluding carboxylic acids is 3. The molecule has 58 heavy (non-hydrogen) atoms.